The second kappa shape index (κ2) is 7.42. The Morgan fingerprint density at radius 1 is 1.32 bits per heavy atom. The number of aromatic nitrogens is 5. The minimum atomic E-state index is -0.0878. The second-order valence-electron chi connectivity index (χ2n) is 9.19. The van der Waals surface area contributed by atoms with Crippen molar-refractivity contribution in [3.05, 3.63) is 54.3 Å². The van der Waals surface area contributed by atoms with Crippen molar-refractivity contribution in [3.63, 3.8) is 0 Å². The maximum atomic E-state index is 12.0. The number of amides is 1. The van der Waals surface area contributed by atoms with Crippen LogP contribution in [0.2, 0.25) is 0 Å². The zero-order valence-electron chi connectivity index (χ0n) is 18.8. The van der Waals surface area contributed by atoms with Gasteiger partial charge in [-0.2, -0.15) is 5.10 Å². The molecule has 1 aliphatic carbocycles. The highest BCUT2D eigenvalue weighted by Crippen LogP contribution is 2.47. The van der Waals surface area contributed by atoms with Gasteiger partial charge in [0.25, 0.3) is 0 Å². The molecule has 2 fully saturated rings. The lowest BCUT2D eigenvalue weighted by molar-refractivity contribution is -0.125. The number of anilines is 1. The van der Waals surface area contributed by atoms with Gasteiger partial charge in [-0.05, 0) is 49.5 Å². The fourth-order valence-corrected chi connectivity index (χ4v) is 4.40. The van der Waals surface area contributed by atoms with Gasteiger partial charge in [0.15, 0.2) is 11.2 Å². The minimum Gasteiger partial charge on any atom is -0.440 e. The van der Waals surface area contributed by atoms with Crippen LogP contribution in [0.15, 0.2) is 41.6 Å². The molecule has 1 atom stereocenters. The predicted octanol–water partition coefficient (Wildman–Crippen LogP) is 2.96. The fraction of sp³-hybridized carbons (Fsp3) is 0.320. The molecule has 0 spiro atoms. The lowest BCUT2D eigenvalue weighted by Crippen LogP contribution is -2.27. The van der Waals surface area contributed by atoms with Crippen molar-refractivity contribution in [1.82, 2.24) is 29.6 Å². The standard InChI is InChI=1S/C25H23N7O2/c1-3-20(33)31-11-8-16(13-31)32-23-21(22(26)27-14-28-23)17(30-32)6-4-15-5-7-19-18(12-15)29-24(34-19)25(2)9-10-25/h3,5,7,12,14,16H,1,8-11,13H2,2H3,(H2,26,27,28)/t16-/m0/s1. The average Bonchev–Trinajstić information content (AvgIpc) is 3.23. The molecule has 9 nitrogen and oxygen atoms in total. The van der Waals surface area contributed by atoms with Crippen molar-refractivity contribution < 1.29 is 9.21 Å². The molecule has 1 saturated heterocycles. The van der Waals surface area contributed by atoms with Gasteiger partial charge in [0.1, 0.15) is 23.4 Å². The van der Waals surface area contributed by atoms with Gasteiger partial charge >= 0.3 is 0 Å². The molecule has 1 saturated carbocycles. The number of hydrogen-bond donors (Lipinski definition) is 1. The van der Waals surface area contributed by atoms with Crippen LogP contribution in [-0.2, 0) is 10.2 Å². The molecule has 1 aliphatic heterocycles. The third kappa shape index (κ3) is 3.30. The summed E-state index contributed by atoms with van der Waals surface area (Å²) in [6, 6.07) is 5.72. The number of hydrogen-bond acceptors (Lipinski definition) is 7. The SMILES string of the molecule is C=CC(=O)N1CC[C@H](n2nc(C#Cc3ccc4oc(C5(C)CC5)nc4c3)c3c(N)ncnc32)C1. The van der Waals surface area contributed by atoms with Crippen LogP contribution in [-0.4, -0.2) is 48.6 Å². The topological polar surface area (TPSA) is 116 Å². The summed E-state index contributed by atoms with van der Waals surface area (Å²) in [6.07, 6.45) is 5.72. The summed E-state index contributed by atoms with van der Waals surface area (Å²) in [6.45, 7) is 6.91. The highest BCUT2D eigenvalue weighted by Gasteiger charge is 2.43. The molecule has 34 heavy (non-hydrogen) atoms. The number of benzene rings is 1. The predicted molar refractivity (Wildman–Crippen MR) is 127 cm³/mol. The molecule has 1 aromatic carbocycles. The molecule has 9 heteroatoms. The van der Waals surface area contributed by atoms with Crippen LogP contribution in [0.5, 0.6) is 0 Å². The van der Waals surface area contributed by atoms with Gasteiger partial charge in [0.2, 0.25) is 11.8 Å². The maximum absolute atomic E-state index is 12.0. The molecule has 4 aromatic rings. The van der Waals surface area contributed by atoms with E-state index in [9.17, 15) is 4.79 Å². The Morgan fingerprint density at radius 2 is 2.18 bits per heavy atom. The fourth-order valence-electron chi connectivity index (χ4n) is 4.40. The van der Waals surface area contributed by atoms with Gasteiger partial charge < -0.3 is 15.1 Å². The van der Waals surface area contributed by atoms with E-state index in [0.29, 0.717) is 35.6 Å². The Kier molecular flexibility index (Phi) is 4.45. The molecule has 6 rings (SSSR count). The maximum Gasteiger partial charge on any atom is 0.246 e. The molecule has 4 heterocycles. The monoisotopic (exact) mass is 453 g/mol. The highest BCUT2D eigenvalue weighted by molar-refractivity contribution is 5.91. The van der Waals surface area contributed by atoms with E-state index < -0.39 is 0 Å². The molecule has 3 aromatic heterocycles. The van der Waals surface area contributed by atoms with Crippen LogP contribution in [0.1, 0.15) is 49.4 Å². The van der Waals surface area contributed by atoms with Crippen LogP contribution in [0.25, 0.3) is 22.1 Å². The normalized spacial score (nSPS) is 18.7. The zero-order valence-corrected chi connectivity index (χ0v) is 18.8. The summed E-state index contributed by atoms with van der Waals surface area (Å²) in [5.74, 6) is 7.36. The average molecular weight is 454 g/mol. The first-order valence-corrected chi connectivity index (χ1v) is 11.3. The summed E-state index contributed by atoms with van der Waals surface area (Å²) in [4.78, 5) is 27.0. The van der Waals surface area contributed by atoms with E-state index in [1.54, 1.807) is 4.90 Å². The van der Waals surface area contributed by atoms with E-state index in [4.69, 9.17) is 15.2 Å². The van der Waals surface area contributed by atoms with Gasteiger partial charge in [-0.15, -0.1) is 0 Å². The Morgan fingerprint density at radius 3 is 2.97 bits per heavy atom. The van der Waals surface area contributed by atoms with E-state index in [1.807, 2.05) is 22.9 Å². The van der Waals surface area contributed by atoms with Gasteiger partial charge in [-0.1, -0.05) is 19.4 Å². The number of fused-ring (bicyclic) bond motifs is 2. The van der Waals surface area contributed by atoms with Crippen LogP contribution in [0, 0.1) is 11.8 Å². The largest absolute Gasteiger partial charge is 0.440 e. The quantitative estimate of drug-likeness (QED) is 0.374. The molecular formula is C25H23N7O2. The molecule has 2 aliphatic rings. The second-order valence-corrected chi connectivity index (χ2v) is 9.19. The number of nitrogens with zero attached hydrogens (tertiary/aromatic N) is 6. The van der Waals surface area contributed by atoms with Crippen molar-refractivity contribution in [2.75, 3.05) is 18.8 Å². The summed E-state index contributed by atoms with van der Waals surface area (Å²) in [7, 11) is 0. The number of carbonyl (C=O) groups excluding carboxylic acids is 1. The molecule has 170 valence electrons. The molecule has 0 radical (unpaired) electrons. The summed E-state index contributed by atoms with van der Waals surface area (Å²) in [5, 5.41) is 5.36. The smallest absolute Gasteiger partial charge is 0.246 e. The van der Waals surface area contributed by atoms with E-state index in [1.165, 1.54) is 12.4 Å². The molecule has 0 bridgehead atoms. The number of carbonyl (C=O) groups is 1. The lowest BCUT2D eigenvalue weighted by Gasteiger charge is -2.14. The first kappa shape index (κ1) is 20.4. The van der Waals surface area contributed by atoms with E-state index in [2.05, 4.69) is 40.3 Å². The molecule has 0 unspecified atom stereocenters. The third-order valence-electron chi connectivity index (χ3n) is 6.74. The van der Waals surface area contributed by atoms with E-state index in [0.717, 1.165) is 41.8 Å². The van der Waals surface area contributed by atoms with Crippen molar-refractivity contribution in [2.24, 2.45) is 0 Å². The van der Waals surface area contributed by atoms with Crippen LogP contribution < -0.4 is 5.73 Å². The Balaban J connectivity index is 1.36. The molecular weight excluding hydrogens is 430 g/mol. The summed E-state index contributed by atoms with van der Waals surface area (Å²) >= 11 is 0. The highest BCUT2D eigenvalue weighted by atomic mass is 16.3. The first-order chi connectivity index (χ1) is 16.4. The third-order valence-corrected chi connectivity index (χ3v) is 6.74. The molecule has 1 amide bonds. The molecule has 2 N–H and O–H groups in total. The minimum absolute atomic E-state index is 0.0232. The summed E-state index contributed by atoms with van der Waals surface area (Å²) in [5.41, 5.74) is 9.74. The van der Waals surface area contributed by atoms with Crippen LogP contribution in [0.3, 0.4) is 0 Å². The van der Waals surface area contributed by atoms with Gasteiger partial charge in [0.05, 0.1) is 11.4 Å². The number of oxazole rings is 1. The van der Waals surface area contributed by atoms with Crippen molar-refractivity contribution >= 4 is 33.9 Å². The Labute approximate surface area is 195 Å². The summed E-state index contributed by atoms with van der Waals surface area (Å²) < 4.78 is 7.75. The number of nitrogens with two attached hydrogens (primary N) is 1. The van der Waals surface area contributed by atoms with Crippen molar-refractivity contribution in [3.8, 4) is 11.8 Å². The Bertz CT molecular complexity index is 1530. The van der Waals surface area contributed by atoms with Gasteiger partial charge in [-0.3, -0.25) is 4.79 Å². The Hall–Kier alpha value is -4.19. The van der Waals surface area contributed by atoms with E-state index >= 15 is 0 Å². The van der Waals surface area contributed by atoms with E-state index in [-0.39, 0.29) is 17.4 Å². The zero-order chi connectivity index (χ0) is 23.4. The van der Waals surface area contributed by atoms with Crippen LogP contribution >= 0.6 is 0 Å². The van der Waals surface area contributed by atoms with Gasteiger partial charge in [0, 0.05) is 24.1 Å². The van der Waals surface area contributed by atoms with Crippen LogP contribution in [0.4, 0.5) is 5.82 Å². The first-order valence-electron chi connectivity index (χ1n) is 11.3. The number of rotatable bonds is 3. The van der Waals surface area contributed by atoms with Crippen molar-refractivity contribution in [1.29, 1.82) is 0 Å². The lowest BCUT2D eigenvalue weighted by atomic mass is 10.1. The number of likely N-dealkylation sites (tertiary alicyclic amines) is 1. The number of nitrogen functional groups attached to an aromatic ring is 1. The van der Waals surface area contributed by atoms with Crippen molar-refractivity contribution in [2.45, 2.75) is 37.6 Å². The van der Waals surface area contributed by atoms with Gasteiger partial charge in [-0.25, -0.2) is 19.6 Å².